The molecule has 100 valence electrons. The molecule has 0 saturated heterocycles. The number of rotatable bonds is 3. The minimum atomic E-state index is -4.91. The number of Topliss-reactive ketones (excluding diaryl/α,β-unsaturated/α-hetero) is 1. The van der Waals surface area contributed by atoms with Crippen LogP contribution in [0.4, 0.5) is 13.2 Å². The molecule has 5 heteroatoms. The molecule has 2 rings (SSSR count). The lowest BCUT2D eigenvalue weighted by molar-refractivity contribution is -0.0886. The Morgan fingerprint density at radius 3 is 2.47 bits per heavy atom. The Kier molecular flexibility index (Phi) is 3.46. The highest BCUT2D eigenvalue weighted by atomic mass is 19.4. The van der Waals surface area contributed by atoms with E-state index < -0.39 is 17.5 Å². The molecule has 2 aromatic rings. The maximum atomic E-state index is 12.6. The van der Waals surface area contributed by atoms with Crippen LogP contribution >= 0.6 is 0 Å². The lowest BCUT2D eigenvalue weighted by Crippen LogP contribution is -2.23. The SMILES string of the molecule is CCOc1c(C(=O)C(F)(F)F)ccc2ccccc12. The van der Waals surface area contributed by atoms with Crippen LogP contribution in [-0.2, 0) is 0 Å². The van der Waals surface area contributed by atoms with Crippen LogP contribution in [0.15, 0.2) is 36.4 Å². The summed E-state index contributed by atoms with van der Waals surface area (Å²) in [5.41, 5.74) is -0.451. The number of ketones is 1. The summed E-state index contributed by atoms with van der Waals surface area (Å²) in [4.78, 5) is 11.4. The summed E-state index contributed by atoms with van der Waals surface area (Å²) in [6, 6.07) is 9.48. The molecule has 0 aliphatic carbocycles. The van der Waals surface area contributed by atoms with Gasteiger partial charge in [0.1, 0.15) is 5.75 Å². The number of carbonyl (C=O) groups excluding carboxylic acids is 1. The third-order valence-corrected chi connectivity index (χ3v) is 2.67. The lowest BCUT2D eigenvalue weighted by Gasteiger charge is -2.13. The second-order valence-corrected chi connectivity index (χ2v) is 3.92. The first-order valence-corrected chi connectivity index (χ1v) is 5.71. The Balaban J connectivity index is 2.67. The largest absolute Gasteiger partial charge is 0.492 e. The molecule has 0 heterocycles. The van der Waals surface area contributed by atoms with Crippen LogP contribution in [0.1, 0.15) is 17.3 Å². The van der Waals surface area contributed by atoms with Crippen molar-refractivity contribution in [2.75, 3.05) is 6.61 Å². The number of fused-ring (bicyclic) bond motifs is 1. The molecular formula is C14H11F3O2. The number of benzene rings is 2. The average Bonchev–Trinajstić information content (AvgIpc) is 2.37. The molecule has 2 nitrogen and oxygen atoms in total. The van der Waals surface area contributed by atoms with Crippen LogP contribution in [0, 0.1) is 0 Å². The number of hydrogen-bond acceptors (Lipinski definition) is 2. The summed E-state index contributed by atoms with van der Waals surface area (Å²) in [7, 11) is 0. The molecule has 0 fully saturated rings. The van der Waals surface area contributed by atoms with Crippen LogP contribution in [-0.4, -0.2) is 18.6 Å². The molecule has 0 bridgehead atoms. The van der Waals surface area contributed by atoms with Crippen LogP contribution in [0.25, 0.3) is 10.8 Å². The van der Waals surface area contributed by atoms with Gasteiger partial charge in [0.15, 0.2) is 0 Å². The van der Waals surface area contributed by atoms with E-state index in [0.717, 1.165) is 11.5 Å². The molecule has 0 saturated carbocycles. The molecule has 0 spiro atoms. The summed E-state index contributed by atoms with van der Waals surface area (Å²) < 4.78 is 42.9. The zero-order valence-electron chi connectivity index (χ0n) is 10.1. The fourth-order valence-electron chi connectivity index (χ4n) is 1.87. The summed E-state index contributed by atoms with van der Waals surface area (Å²) in [5.74, 6) is -1.90. The second-order valence-electron chi connectivity index (χ2n) is 3.92. The van der Waals surface area contributed by atoms with Crippen molar-refractivity contribution in [3.05, 3.63) is 42.0 Å². The summed E-state index contributed by atoms with van der Waals surface area (Å²) in [6.45, 7) is 1.84. The molecule has 0 amide bonds. The molecule has 0 radical (unpaired) electrons. The molecule has 0 atom stereocenters. The van der Waals surface area contributed by atoms with Gasteiger partial charge in [-0.2, -0.15) is 13.2 Å². The third-order valence-electron chi connectivity index (χ3n) is 2.67. The number of halogens is 3. The standard InChI is InChI=1S/C14H11F3O2/c1-2-19-12-10-6-4-3-5-9(10)7-8-11(12)13(18)14(15,16)17/h3-8H,2H2,1H3. The summed E-state index contributed by atoms with van der Waals surface area (Å²) >= 11 is 0. The van der Waals surface area contributed by atoms with Gasteiger partial charge < -0.3 is 4.74 Å². The van der Waals surface area contributed by atoms with Crippen molar-refractivity contribution in [1.29, 1.82) is 0 Å². The van der Waals surface area contributed by atoms with Crippen molar-refractivity contribution < 1.29 is 22.7 Å². The fraction of sp³-hybridized carbons (Fsp3) is 0.214. The Labute approximate surface area is 107 Å². The lowest BCUT2D eigenvalue weighted by atomic mass is 10.0. The van der Waals surface area contributed by atoms with E-state index in [1.54, 1.807) is 31.2 Å². The molecule has 2 aromatic carbocycles. The van der Waals surface area contributed by atoms with Crippen molar-refractivity contribution in [1.82, 2.24) is 0 Å². The first-order valence-electron chi connectivity index (χ1n) is 5.71. The highest BCUT2D eigenvalue weighted by Gasteiger charge is 2.41. The van der Waals surface area contributed by atoms with Gasteiger partial charge in [0, 0.05) is 5.39 Å². The van der Waals surface area contributed by atoms with E-state index in [1.165, 1.54) is 6.07 Å². The molecule has 0 aliphatic rings. The minimum Gasteiger partial charge on any atom is -0.492 e. The number of ether oxygens (including phenoxy) is 1. The van der Waals surface area contributed by atoms with Gasteiger partial charge >= 0.3 is 6.18 Å². The first-order chi connectivity index (χ1) is 8.95. The quantitative estimate of drug-likeness (QED) is 0.787. The predicted octanol–water partition coefficient (Wildman–Crippen LogP) is 3.98. The fourth-order valence-corrected chi connectivity index (χ4v) is 1.87. The summed E-state index contributed by atoms with van der Waals surface area (Å²) in [6.07, 6.45) is -4.91. The van der Waals surface area contributed by atoms with Crippen LogP contribution in [0.3, 0.4) is 0 Å². The van der Waals surface area contributed by atoms with Gasteiger partial charge in [-0.1, -0.05) is 30.3 Å². The van der Waals surface area contributed by atoms with Crippen LogP contribution in [0.2, 0.25) is 0 Å². The zero-order chi connectivity index (χ0) is 14.0. The van der Waals surface area contributed by atoms with E-state index in [1.807, 2.05) is 0 Å². The van der Waals surface area contributed by atoms with Gasteiger partial charge in [-0.25, -0.2) is 0 Å². The molecule has 0 unspecified atom stereocenters. The van der Waals surface area contributed by atoms with E-state index >= 15 is 0 Å². The number of alkyl halides is 3. The van der Waals surface area contributed by atoms with E-state index in [2.05, 4.69) is 0 Å². The Morgan fingerprint density at radius 1 is 1.16 bits per heavy atom. The van der Waals surface area contributed by atoms with Crippen molar-refractivity contribution in [3.63, 3.8) is 0 Å². The molecule has 0 N–H and O–H groups in total. The van der Waals surface area contributed by atoms with Crippen molar-refractivity contribution in [3.8, 4) is 5.75 Å². The maximum absolute atomic E-state index is 12.6. The summed E-state index contributed by atoms with van der Waals surface area (Å²) in [5, 5.41) is 1.23. The predicted molar refractivity (Wildman–Crippen MR) is 65.5 cm³/mol. The van der Waals surface area contributed by atoms with Gasteiger partial charge in [-0.05, 0) is 18.4 Å². The minimum absolute atomic E-state index is 0.0112. The normalized spacial score (nSPS) is 11.6. The Morgan fingerprint density at radius 2 is 1.84 bits per heavy atom. The maximum Gasteiger partial charge on any atom is 0.455 e. The zero-order valence-corrected chi connectivity index (χ0v) is 10.1. The number of hydrogen-bond donors (Lipinski definition) is 0. The van der Waals surface area contributed by atoms with Crippen LogP contribution in [0.5, 0.6) is 5.75 Å². The topological polar surface area (TPSA) is 26.3 Å². The highest BCUT2D eigenvalue weighted by Crippen LogP contribution is 2.34. The van der Waals surface area contributed by atoms with Gasteiger partial charge in [-0.3, -0.25) is 4.79 Å². The van der Waals surface area contributed by atoms with E-state index in [9.17, 15) is 18.0 Å². The van der Waals surface area contributed by atoms with Gasteiger partial charge in [0.05, 0.1) is 12.2 Å². The van der Waals surface area contributed by atoms with Crippen molar-refractivity contribution >= 4 is 16.6 Å². The highest BCUT2D eigenvalue weighted by molar-refractivity contribution is 6.07. The smallest absolute Gasteiger partial charge is 0.455 e. The molecule has 0 aromatic heterocycles. The number of carbonyl (C=O) groups is 1. The van der Waals surface area contributed by atoms with Crippen LogP contribution < -0.4 is 4.74 Å². The van der Waals surface area contributed by atoms with Crippen molar-refractivity contribution in [2.45, 2.75) is 13.1 Å². The molecule has 19 heavy (non-hydrogen) atoms. The van der Waals surface area contributed by atoms with E-state index in [0.29, 0.717) is 5.39 Å². The van der Waals surface area contributed by atoms with Gasteiger partial charge in [0.2, 0.25) is 0 Å². The van der Waals surface area contributed by atoms with E-state index in [4.69, 9.17) is 4.74 Å². The van der Waals surface area contributed by atoms with E-state index in [-0.39, 0.29) is 12.4 Å². The van der Waals surface area contributed by atoms with Crippen molar-refractivity contribution in [2.24, 2.45) is 0 Å². The van der Waals surface area contributed by atoms with Gasteiger partial charge in [0.25, 0.3) is 5.78 Å². The molecular weight excluding hydrogens is 257 g/mol. The Bertz CT molecular complexity index is 618. The first kappa shape index (κ1) is 13.4. The third kappa shape index (κ3) is 2.54. The average molecular weight is 268 g/mol. The Hall–Kier alpha value is -2.04. The van der Waals surface area contributed by atoms with Gasteiger partial charge in [-0.15, -0.1) is 0 Å². The molecule has 0 aliphatic heterocycles. The second kappa shape index (κ2) is 4.91. The monoisotopic (exact) mass is 268 g/mol.